The zero-order valence-corrected chi connectivity index (χ0v) is 12.4. The number of amides is 1. The lowest BCUT2D eigenvalue weighted by Crippen LogP contribution is -2.41. The summed E-state index contributed by atoms with van der Waals surface area (Å²) in [5.74, 6) is 0.669. The second kappa shape index (κ2) is 5.91. The van der Waals surface area contributed by atoms with E-state index in [0.717, 1.165) is 11.3 Å². The molecule has 0 aliphatic heterocycles. The van der Waals surface area contributed by atoms with Gasteiger partial charge in [0, 0.05) is 11.6 Å². The van der Waals surface area contributed by atoms with Crippen molar-refractivity contribution in [2.24, 2.45) is 0 Å². The van der Waals surface area contributed by atoms with E-state index in [9.17, 15) is 9.59 Å². The van der Waals surface area contributed by atoms with Crippen LogP contribution in [0.4, 0.5) is 0 Å². The highest BCUT2D eigenvalue weighted by Crippen LogP contribution is 2.23. The summed E-state index contributed by atoms with van der Waals surface area (Å²) in [5, 5.41) is 0. The van der Waals surface area contributed by atoms with E-state index in [0.29, 0.717) is 11.3 Å². The van der Waals surface area contributed by atoms with Crippen LogP contribution in [0, 0.1) is 20.8 Å². The van der Waals surface area contributed by atoms with Crippen LogP contribution in [0.2, 0.25) is 0 Å². The molecule has 0 spiro atoms. The molecule has 0 fully saturated rings. The lowest BCUT2D eigenvalue weighted by Gasteiger charge is -2.25. The lowest BCUT2D eigenvalue weighted by atomic mass is 10.1. The molecule has 19 heavy (non-hydrogen) atoms. The highest BCUT2D eigenvalue weighted by Gasteiger charge is 2.27. The van der Waals surface area contributed by atoms with Crippen LogP contribution in [0.5, 0.6) is 0 Å². The first-order valence-electron chi connectivity index (χ1n) is 6.24. The molecular weight excluding hydrogens is 246 g/mol. The van der Waals surface area contributed by atoms with Crippen molar-refractivity contribution in [1.82, 2.24) is 4.90 Å². The van der Waals surface area contributed by atoms with Crippen LogP contribution < -0.4 is 0 Å². The first kappa shape index (κ1) is 15.3. The number of ether oxygens (including phenoxy) is 1. The first-order chi connectivity index (χ1) is 8.79. The van der Waals surface area contributed by atoms with Gasteiger partial charge in [0.2, 0.25) is 0 Å². The van der Waals surface area contributed by atoms with Crippen LogP contribution >= 0.6 is 0 Å². The molecule has 0 aliphatic rings. The van der Waals surface area contributed by atoms with Gasteiger partial charge in [0.05, 0.1) is 12.7 Å². The summed E-state index contributed by atoms with van der Waals surface area (Å²) >= 11 is 0. The number of nitrogens with zero attached hydrogens (tertiary/aromatic N) is 1. The molecule has 1 aromatic rings. The number of methoxy groups -OCH3 is 1. The van der Waals surface area contributed by atoms with Gasteiger partial charge in [0.15, 0.2) is 0 Å². The van der Waals surface area contributed by atoms with Crippen molar-refractivity contribution in [3.8, 4) is 0 Å². The molecule has 5 heteroatoms. The summed E-state index contributed by atoms with van der Waals surface area (Å²) in [5.41, 5.74) is 1.35. The standard InChI is InChI=1S/C14H21NO4/c1-8(2)15(7-12(16)18-6)14(17)13-9(3)10(4)19-11(13)5/h8H,7H2,1-6H3. The van der Waals surface area contributed by atoms with Crippen LogP contribution in [-0.2, 0) is 9.53 Å². The minimum Gasteiger partial charge on any atom is -0.468 e. The van der Waals surface area contributed by atoms with Gasteiger partial charge in [-0.2, -0.15) is 0 Å². The average molecular weight is 267 g/mol. The number of rotatable bonds is 4. The molecule has 1 aromatic heterocycles. The van der Waals surface area contributed by atoms with Gasteiger partial charge in [0.25, 0.3) is 5.91 Å². The van der Waals surface area contributed by atoms with Crippen molar-refractivity contribution >= 4 is 11.9 Å². The van der Waals surface area contributed by atoms with Crippen LogP contribution in [-0.4, -0.2) is 36.5 Å². The van der Waals surface area contributed by atoms with Gasteiger partial charge in [-0.05, 0) is 34.6 Å². The summed E-state index contributed by atoms with van der Waals surface area (Å²) < 4.78 is 10.1. The Hall–Kier alpha value is -1.78. The van der Waals surface area contributed by atoms with E-state index in [-0.39, 0.29) is 18.5 Å². The van der Waals surface area contributed by atoms with E-state index in [1.54, 1.807) is 6.92 Å². The van der Waals surface area contributed by atoms with E-state index >= 15 is 0 Å². The second-order valence-electron chi connectivity index (χ2n) is 4.82. The molecule has 0 unspecified atom stereocenters. The molecule has 0 saturated carbocycles. The predicted octanol–water partition coefficient (Wildman–Crippen LogP) is 2.23. The number of carbonyl (C=O) groups is 2. The Balaban J connectivity index is 3.09. The highest BCUT2D eigenvalue weighted by molar-refractivity contribution is 5.98. The summed E-state index contributed by atoms with van der Waals surface area (Å²) in [7, 11) is 1.31. The molecule has 0 atom stereocenters. The third-order valence-corrected chi connectivity index (χ3v) is 3.19. The van der Waals surface area contributed by atoms with Crippen molar-refractivity contribution in [2.45, 2.75) is 40.7 Å². The van der Waals surface area contributed by atoms with Crippen LogP contribution in [0.3, 0.4) is 0 Å². The normalized spacial score (nSPS) is 10.7. The Morgan fingerprint density at radius 2 is 1.79 bits per heavy atom. The van der Waals surface area contributed by atoms with Gasteiger partial charge >= 0.3 is 5.97 Å². The fourth-order valence-electron chi connectivity index (χ4n) is 1.94. The van der Waals surface area contributed by atoms with Gasteiger partial charge in [0.1, 0.15) is 18.1 Å². The van der Waals surface area contributed by atoms with Gasteiger partial charge in [-0.25, -0.2) is 0 Å². The van der Waals surface area contributed by atoms with Crippen LogP contribution in [0.25, 0.3) is 0 Å². The zero-order valence-electron chi connectivity index (χ0n) is 12.4. The molecule has 1 heterocycles. The molecule has 5 nitrogen and oxygen atoms in total. The highest BCUT2D eigenvalue weighted by atomic mass is 16.5. The molecule has 0 aliphatic carbocycles. The summed E-state index contributed by atoms with van der Waals surface area (Å²) in [6.45, 7) is 9.08. The molecule has 0 aromatic carbocycles. The molecule has 0 N–H and O–H groups in total. The first-order valence-corrected chi connectivity index (χ1v) is 6.24. The maximum atomic E-state index is 12.6. The van der Waals surface area contributed by atoms with Gasteiger partial charge < -0.3 is 14.1 Å². The minimum atomic E-state index is -0.433. The molecule has 106 valence electrons. The van der Waals surface area contributed by atoms with Crippen molar-refractivity contribution in [3.05, 3.63) is 22.6 Å². The number of esters is 1. The lowest BCUT2D eigenvalue weighted by molar-refractivity contribution is -0.141. The molecule has 1 amide bonds. The molecular formula is C14H21NO4. The Bertz CT molecular complexity index is 488. The number of carbonyl (C=O) groups excluding carboxylic acids is 2. The fourth-order valence-corrected chi connectivity index (χ4v) is 1.94. The number of furan rings is 1. The predicted molar refractivity (Wildman–Crippen MR) is 71.1 cm³/mol. The van der Waals surface area contributed by atoms with Gasteiger partial charge in [-0.1, -0.05) is 0 Å². The van der Waals surface area contributed by atoms with Gasteiger partial charge in [-0.3, -0.25) is 9.59 Å². The van der Waals surface area contributed by atoms with E-state index in [1.807, 2.05) is 27.7 Å². The second-order valence-corrected chi connectivity index (χ2v) is 4.82. The largest absolute Gasteiger partial charge is 0.468 e. The summed E-state index contributed by atoms with van der Waals surface area (Å²) in [6.07, 6.45) is 0. The van der Waals surface area contributed by atoms with E-state index in [2.05, 4.69) is 4.74 Å². The van der Waals surface area contributed by atoms with E-state index < -0.39 is 5.97 Å². The SMILES string of the molecule is COC(=O)CN(C(=O)c1c(C)oc(C)c1C)C(C)C. The number of hydrogen-bond acceptors (Lipinski definition) is 4. The zero-order chi connectivity index (χ0) is 14.7. The van der Waals surface area contributed by atoms with Crippen molar-refractivity contribution in [2.75, 3.05) is 13.7 Å². The minimum absolute atomic E-state index is 0.0594. The van der Waals surface area contributed by atoms with Crippen molar-refractivity contribution < 1.29 is 18.7 Å². The molecule has 0 bridgehead atoms. The molecule has 0 radical (unpaired) electrons. The van der Waals surface area contributed by atoms with E-state index in [4.69, 9.17) is 4.42 Å². The average Bonchev–Trinajstić information content (AvgIpc) is 2.58. The molecule has 0 saturated heterocycles. The third-order valence-electron chi connectivity index (χ3n) is 3.19. The fraction of sp³-hybridized carbons (Fsp3) is 0.571. The Morgan fingerprint density at radius 1 is 1.21 bits per heavy atom. The van der Waals surface area contributed by atoms with Crippen LogP contribution in [0.1, 0.15) is 41.3 Å². The number of aryl methyl sites for hydroxylation is 2. The van der Waals surface area contributed by atoms with Crippen molar-refractivity contribution in [3.63, 3.8) is 0 Å². The maximum absolute atomic E-state index is 12.6. The maximum Gasteiger partial charge on any atom is 0.325 e. The quantitative estimate of drug-likeness (QED) is 0.785. The van der Waals surface area contributed by atoms with Crippen LogP contribution in [0.15, 0.2) is 4.42 Å². The number of hydrogen-bond donors (Lipinski definition) is 0. The van der Waals surface area contributed by atoms with Gasteiger partial charge in [-0.15, -0.1) is 0 Å². The Kier molecular flexibility index (Phi) is 4.75. The smallest absolute Gasteiger partial charge is 0.325 e. The topological polar surface area (TPSA) is 59.8 Å². The third kappa shape index (κ3) is 3.16. The van der Waals surface area contributed by atoms with Crippen molar-refractivity contribution in [1.29, 1.82) is 0 Å². The Morgan fingerprint density at radius 3 is 2.16 bits per heavy atom. The monoisotopic (exact) mass is 267 g/mol. The summed E-state index contributed by atoms with van der Waals surface area (Å²) in [4.78, 5) is 25.4. The molecule has 1 rings (SSSR count). The Labute approximate surface area is 113 Å². The van der Waals surface area contributed by atoms with E-state index in [1.165, 1.54) is 12.0 Å². The summed E-state index contributed by atoms with van der Waals surface area (Å²) in [6, 6.07) is -0.0967.